The highest BCUT2D eigenvalue weighted by Crippen LogP contribution is 2.18. The second-order valence-corrected chi connectivity index (χ2v) is 3.12. The zero-order valence-electron chi connectivity index (χ0n) is 7.90. The molecule has 13 heavy (non-hydrogen) atoms. The summed E-state index contributed by atoms with van der Waals surface area (Å²) < 4.78 is 0. The molecule has 1 atom stereocenters. The molecule has 0 N–H and O–H groups in total. The van der Waals surface area contributed by atoms with Gasteiger partial charge in [-0.05, 0) is 13.0 Å². The monoisotopic (exact) mass is 177 g/mol. The molecule has 4 heteroatoms. The van der Waals surface area contributed by atoms with Crippen LogP contribution in [0.2, 0.25) is 0 Å². The fourth-order valence-corrected chi connectivity index (χ4v) is 1.20. The van der Waals surface area contributed by atoms with Crippen molar-refractivity contribution < 1.29 is 4.79 Å². The highest BCUT2D eigenvalue weighted by atomic mass is 16.1. The second-order valence-electron chi connectivity index (χ2n) is 3.12. The fraction of sp³-hybridized carbons (Fsp3) is 0.444. The predicted molar refractivity (Wildman–Crippen MR) is 49.0 cm³/mol. The predicted octanol–water partition coefficient (Wildman–Crippen LogP) is 0.573. The maximum absolute atomic E-state index is 11.3. The number of nitrogens with zero attached hydrogens (tertiary/aromatic N) is 3. The van der Waals surface area contributed by atoms with E-state index in [1.165, 1.54) is 0 Å². The Labute approximate surface area is 77.2 Å². The van der Waals surface area contributed by atoms with Crippen molar-refractivity contribution in [2.75, 3.05) is 14.1 Å². The first kappa shape index (κ1) is 9.46. The zero-order valence-corrected chi connectivity index (χ0v) is 7.90. The lowest BCUT2D eigenvalue weighted by Gasteiger charge is -2.22. The summed E-state index contributed by atoms with van der Waals surface area (Å²) >= 11 is 0. The lowest BCUT2D eigenvalue weighted by atomic mass is 10.0. The molecular formula is C9H11N3O. The van der Waals surface area contributed by atoms with Crippen LogP contribution in [0.15, 0.2) is 16.8 Å². The van der Waals surface area contributed by atoms with Crippen LogP contribution in [0.3, 0.4) is 0 Å². The van der Waals surface area contributed by atoms with Crippen LogP contribution in [-0.4, -0.2) is 30.6 Å². The van der Waals surface area contributed by atoms with Crippen molar-refractivity contribution in [1.29, 1.82) is 5.26 Å². The Morgan fingerprint density at radius 1 is 1.62 bits per heavy atom. The summed E-state index contributed by atoms with van der Waals surface area (Å²) in [5.74, 6) is -1.11. The van der Waals surface area contributed by atoms with Crippen molar-refractivity contribution in [3.05, 3.63) is 11.8 Å². The average Bonchev–Trinajstić information content (AvgIpc) is 2.02. The molecule has 1 aliphatic heterocycles. The highest BCUT2D eigenvalue weighted by molar-refractivity contribution is 6.06. The summed E-state index contributed by atoms with van der Waals surface area (Å²) in [5, 5.41) is 8.76. The van der Waals surface area contributed by atoms with Gasteiger partial charge in [-0.15, -0.1) is 0 Å². The molecule has 0 radical (unpaired) electrons. The maximum Gasteiger partial charge on any atom is 0.269 e. The summed E-state index contributed by atoms with van der Waals surface area (Å²) in [6.07, 6.45) is 1.76. The van der Waals surface area contributed by atoms with Gasteiger partial charge in [-0.1, -0.05) is 0 Å². The number of rotatable bonds is 1. The minimum Gasteiger partial charge on any atom is -0.379 e. The van der Waals surface area contributed by atoms with Crippen LogP contribution < -0.4 is 0 Å². The number of hydrogen-bond donors (Lipinski definition) is 0. The molecule has 0 aliphatic carbocycles. The van der Waals surface area contributed by atoms with E-state index >= 15 is 0 Å². The lowest BCUT2D eigenvalue weighted by Crippen LogP contribution is -2.27. The first-order chi connectivity index (χ1) is 6.06. The van der Waals surface area contributed by atoms with E-state index in [4.69, 9.17) is 5.26 Å². The van der Waals surface area contributed by atoms with Crippen LogP contribution in [0, 0.1) is 17.2 Å². The van der Waals surface area contributed by atoms with Gasteiger partial charge in [0.15, 0.2) is 5.92 Å². The maximum atomic E-state index is 11.3. The highest BCUT2D eigenvalue weighted by Gasteiger charge is 2.26. The van der Waals surface area contributed by atoms with Crippen LogP contribution in [0.1, 0.15) is 6.92 Å². The Morgan fingerprint density at radius 2 is 2.23 bits per heavy atom. The smallest absolute Gasteiger partial charge is 0.269 e. The van der Waals surface area contributed by atoms with Gasteiger partial charge in [0.25, 0.3) is 5.91 Å². The number of aliphatic imine (C=N–C) groups is 1. The Bertz CT molecular complexity index is 333. The van der Waals surface area contributed by atoms with Gasteiger partial charge in [0.05, 0.1) is 6.07 Å². The standard InChI is InChI=1S/C9H11N3O/c1-6-4-8(12(2)3)7(5-10)9(13)11-6/h4,7H,1-3H3. The molecule has 0 spiro atoms. The van der Waals surface area contributed by atoms with Crippen molar-refractivity contribution in [2.45, 2.75) is 6.92 Å². The molecule has 4 nitrogen and oxygen atoms in total. The van der Waals surface area contributed by atoms with Gasteiger partial charge in [0, 0.05) is 25.5 Å². The summed E-state index contributed by atoms with van der Waals surface area (Å²) in [6.45, 7) is 1.75. The number of carbonyl (C=O) groups excluding carboxylic acids is 1. The van der Waals surface area contributed by atoms with E-state index in [0.717, 1.165) is 0 Å². The van der Waals surface area contributed by atoms with Gasteiger partial charge in [-0.3, -0.25) is 4.79 Å². The van der Waals surface area contributed by atoms with Gasteiger partial charge >= 0.3 is 0 Å². The molecule has 1 aliphatic rings. The second kappa shape index (κ2) is 3.40. The van der Waals surface area contributed by atoms with Crippen LogP contribution in [0.25, 0.3) is 0 Å². The number of carbonyl (C=O) groups is 1. The molecule has 68 valence electrons. The number of amides is 1. The van der Waals surface area contributed by atoms with Crippen molar-refractivity contribution in [3.8, 4) is 6.07 Å². The van der Waals surface area contributed by atoms with Gasteiger partial charge < -0.3 is 4.90 Å². The first-order valence-corrected chi connectivity index (χ1v) is 3.94. The molecular weight excluding hydrogens is 166 g/mol. The third kappa shape index (κ3) is 1.75. The van der Waals surface area contributed by atoms with Crippen molar-refractivity contribution in [2.24, 2.45) is 10.9 Å². The molecule has 0 saturated heterocycles. The Morgan fingerprint density at radius 3 is 2.69 bits per heavy atom. The molecule has 0 bridgehead atoms. The van der Waals surface area contributed by atoms with Crippen LogP contribution in [0.4, 0.5) is 0 Å². The number of dihydropyridines is 1. The molecule has 0 aromatic carbocycles. The fourth-order valence-electron chi connectivity index (χ4n) is 1.20. The number of allylic oxidation sites excluding steroid dienone is 1. The van der Waals surface area contributed by atoms with Gasteiger partial charge in [-0.25, -0.2) is 4.99 Å². The third-order valence-electron chi connectivity index (χ3n) is 1.83. The van der Waals surface area contributed by atoms with Crippen LogP contribution in [-0.2, 0) is 4.79 Å². The van der Waals surface area contributed by atoms with Crippen molar-refractivity contribution in [1.82, 2.24) is 4.90 Å². The molecule has 1 unspecified atom stereocenters. The van der Waals surface area contributed by atoms with E-state index in [9.17, 15) is 4.79 Å². The van der Waals surface area contributed by atoms with E-state index in [2.05, 4.69) is 4.99 Å². The molecule has 1 heterocycles. The minimum atomic E-state index is -0.737. The van der Waals surface area contributed by atoms with E-state index in [-0.39, 0.29) is 5.91 Å². The zero-order chi connectivity index (χ0) is 10.0. The largest absolute Gasteiger partial charge is 0.379 e. The first-order valence-electron chi connectivity index (χ1n) is 3.94. The topological polar surface area (TPSA) is 56.5 Å². The van der Waals surface area contributed by atoms with Crippen molar-refractivity contribution in [3.63, 3.8) is 0 Å². The van der Waals surface area contributed by atoms with E-state index in [0.29, 0.717) is 11.4 Å². The molecule has 0 aromatic rings. The van der Waals surface area contributed by atoms with Crippen LogP contribution >= 0.6 is 0 Å². The third-order valence-corrected chi connectivity index (χ3v) is 1.83. The summed E-state index contributed by atoms with van der Waals surface area (Å²) in [4.78, 5) is 16.8. The van der Waals surface area contributed by atoms with Crippen LogP contribution in [0.5, 0.6) is 0 Å². The van der Waals surface area contributed by atoms with Gasteiger partial charge in [0.1, 0.15) is 0 Å². The van der Waals surface area contributed by atoms with Gasteiger partial charge in [0.2, 0.25) is 0 Å². The Hall–Kier alpha value is -1.63. The minimum absolute atomic E-state index is 0.369. The van der Waals surface area contributed by atoms with E-state index < -0.39 is 5.92 Å². The molecule has 1 rings (SSSR count). The summed E-state index contributed by atoms with van der Waals surface area (Å²) in [7, 11) is 3.62. The lowest BCUT2D eigenvalue weighted by molar-refractivity contribution is -0.119. The number of hydrogen-bond acceptors (Lipinski definition) is 3. The quantitative estimate of drug-likeness (QED) is 0.588. The Kier molecular flexibility index (Phi) is 2.47. The molecule has 1 amide bonds. The summed E-state index contributed by atoms with van der Waals surface area (Å²) in [5.41, 5.74) is 1.36. The van der Waals surface area contributed by atoms with E-state index in [1.807, 2.05) is 20.2 Å². The molecule has 0 saturated carbocycles. The molecule has 0 fully saturated rings. The normalized spacial score (nSPS) is 21.7. The molecule has 0 aromatic heterocycles. The van der Waals surface area contributed by atoms with Crippen molar-refractivity contribution >= 4 is 11.6 Å². The summed E-state index contributed by atoms with van der Waals surface area (Å²) in [6, 6.07) is 1.94. The Balaban J connectivity index is 3.09. The van der Waals surface area contributed by atoms with Gasteiger partial charge in [-0.2, -0.15) is 5.26 Å². The SMILES string of the molecule is CC1=NC(=O)C(C#N)C(N(C)C)=C1. The van der Waals surface area contributed by atoms with E-state index in [1.54, 1.807) is 17.9 Å². The average molecular weight is 177 g/mol. The number of nitriles is 1.